The van der Waals surface area contributed by atoms with Crippen molar-refractivity contribution < 1.29 is 4.52 Å². The second kappa shape index (κ2) is 4.55. The summed E-state index contributed by atoms with van der Waals surface area (Å²) in [6.45, 7) is 5.48. The molecule has 0 saturated carbocycles. The van der Waals surface area contributed by atoms with Crippen LogP contribution in [0.4, 0.5) is 0 Å². The van der Waals surface area contributed by atoms with E-state index in [1.807, 2.05) is 25.4 Å². The summed E-state index contributed by atoms with van der Waals surface area (Å²) in [6, 6.07) is 1.94. The van der Waals surface area contributed by atoms with Gasteiger partial charge in [-0.25, -0.2) is 4.98 Å². The van der Waals surface area contributed by atoms with E-state index < -0.39 is 0 Å². The van der Waals surface area contributed by atoms with E-state index in [-0.39, 0.29) is 0 Å². The third-order valence-corrected chi connectivity index (χ3v) is 3.05. The summed E-state index contributed by atoms with van der Waals surface area (Å²) >= 11 is 1.67. The van der Waals surface area contributed by atoms with E-state index in [4.69, 9.17) is 4.52 Å². The number of thiazole rings is 1. The lowest BCUT2D eigenvalue weighted by molar-refractivity contribution is 0.388. The topological polar surface area (TPSA) is 51.0 Å². The number of aromatic nitrogens is 2. The molecule has 1 N–H and O–H groups in total. The predicted octanol–water partition coefficient (Wildman–Crippen LogP) is 2.04. The second-order valence-electron chi connectivity index (χ2n) is 3.39. The molecule has 0 aliphatic carbocycles. The highest BCUT2D eigenvalue weighted by molar-refractivity contribution is 7.09. The average molecular weight is 223 g/mol. The summed E-state index contributed by atoms with van der Waals surface area (Å²) in [4.78, 5) is 5.46. The van der Waals surface area contributed by atoms with E-state index in [2.05, 4.69) is 15.5 Å². The molecule has 0 radical (unpaired) electrons. The molecule has 2 rings (SSSR count). The lowest BCUT2D eigenvalue weighted by Crippen LogP contribution is -2.12. The standard InChI is InChI=1S/C10H13N3OS/c1-7-3-9(13-14-7)4-11-5-10-8(2)12-6-15-10/h3,6,11H,4-5H2,1-2H3. The normalized spacial score (nSPS) is 10.8. The average Bonchev–Trinajstić information content (AvgIpc) is 2.77. The third-order valence-electron chi connectivity index (χ3n) is 2.11. The number of hydrogen-bond donors (Lipinski definition) is 1. The molecule has 80 valence electrons. The smallest absolute Gasteiger partial charge is 0.133 e. The van der Waals surface area contributed by atoms with Gasteiger partial charge in [0.05, 0.1) is 16.9 Å². The van der Waals surface area contributed by atoms with Gasteiger partial charge in [0, 0.05) is 24.0 Å². The van der Waals surface area contributed by atoms with Crippen molar-refractivity contribution in [3.63, 3.8) is 0 Å². The van der Waals surface area contributed by atoms with Crippen molar-refractivity contribution in [3.8, 4) is 0 Å². The van der Waals surface area contributed by atoms with Gasteiger partial charge in [-0.1, -0.05) is 5.16 Å². The van der Waals surface area contributed by atoms with Crippen molar-refractivity contribution in [3.05, 3.63) is 33.6 Å². The largest absolute Gasteiger partial charge is 0.361 e. The first-order chi connectivity index (χ1) is 7.25. The maximum atomic E-state index is 4.98. The molecular weight excluding hydrogens is 210 g/mol. The zero-order chi connectivity index (χ0) is 10.7. The highest BCUT2D eigenvalue weighted by atomic mass is 32.1. The van der Waals surface area contributed by atoms with Crippen LogP contribution in [0, 0.1) is 13.8 Å². The van der Waals surface area contributed by atoms with E-state index in [9.17, 15) is 0 Å². The van der Waals surface area contributed by atoms with Gasteiger partial charge in [-0.05, 0) is 13.8 Å². The van der Waals surface area contributed by atoms with Gasteiger partial charge in [-0.2, -0.15) is 0 Å². The van der Waals surface area contributed by atoms with Gasteiger partial charge in [-0.15, -0.1) is 11.3 Å². The number of aryl methyl sites for hydroxylation is 2. The first-order valence-corrected chi connectivity index (χ1v) is 5.65. The Morgan fingerprint density at radius 2 is 2.27 bits per heavy atom. The van der Waals surface area contributed by atoms with Gasteiger partial charge < -0.3 is 9.84 Å². The van der Waals surface area contributed by atoms with E-state index in [0.29, 0.717) is 0 Å². The number of hydrogen-bond acceptors (Lipinski definition) is 5. The molecule has 2 heterocycles. The molecule has 0 aliphatic rings. The zero-order valence-electron chi connectivity index (χ0n) is 8.78. The molecule has 4 nitrogen and oxygen atoms in total. The van der Waals surface area contributed by atoms with Gasteiger partial charge in [0.25, 0.3) is 0 Å². The fourth-order valence-corrected chi connectivity index (χ4v) is 2.05. The first-order valence-electron chi connectivity index (χ1n) is 4.77. The van der Waals surface area contributed by atoms with Crippen LogP contribution in [-0.2, 0) is 13.1 Å². The van der Waals surface area contributed by atoms with Crippen LogP contribution < -0.4 is 5.32 Å². The van der Waals surface area contributed by atoms with Crippen molar-refractivity contribution in [1.82, 2.24) is 15.5 Å². The lowest BCUT2D eigenvalue weighted by atomic mass is 10.3. The molecule has 0 saturated heterocycles. The van der Waals surface area contributed by atoms with Crippen LogP contribution in [0.3, 0.4) is 0 Å². The minimum atomic E-state index is 0.731. The lowest BCUT2D eigenvalue weighted by Gasteiger charge is -1.99. The summed E-state index contributed by atoms with van der Waals surface area (Å²) in [5.74, 6) is 0.848. The number of nitrogens with one attached hydrogen (secondary N) is 1. The van der Waals surface area contributed by atoms with Crippen molar-refractivity contribution in [2.45, 2.75) is 26.9 Å². The van der Waals surface area contributed by atoms with Gasteiger partial charge in [0.1, 0.15) is 5.76 Å². The summed E-state index contributed by atoms with van der Waals surface area (Å²) in [6.07, 6.45) is 0. The van der Waals surface area contributed by atoms with Crippen LogP contribution in [0.25, 0.3) is 0 Å². The Morgan fingerprint density at radius 1 is 1.40 bits per heavy atom. The molecule has 0 spiro atoms. The Bertz CT molecular complexity index is 435. The number of rotatable bonds is 4. The van der Waals surface area contributed by atoms with E-state index in [0.717, 1.165) is 30.2 Å². The summed E-state index contributed by atoms with van der Waals surface area (Å²) < 4.78 is 4.98. The van der Waals surface area contributed by atoms with E-state index in [1.54, 1.807) is 11.3 Å². The maximum absolute atomic E-state index is 4.98. The van der Waals surface area contributed by atoms with E-state index in [1.165, 1.54) is 4.88 Å². The Hall–Kier alpha value is -1.20. The molecule has 5 heteroatoms. The van der Waals surface area contributed by atoms with Crippen LogP contribution >= 0.6 is 11.3 Å². The highest BCUT2D eigenvalue weighted by Gasteiger charge is 2.02. The fraction of sp³-hybridized carbons (Fsp3) is 0.400. The van der Waals surface area contributed by atoms with E-state index >= 15 is 0 Å². The Morgan fingerprint density at radius 3 is 2.87 bits per heavy atom. The van der Waals surface area contributed by atoms with Crippen molar-refractivity contribution in [2.24, 2.45) is 0 Å². The SMILES string of the molecule is Cc1cc(CNCc2scnc2C)no1. The van der Waals surface area contributed by atoms with Crippen LogP contribution in [0.2, 0.25) is 0 Å². The summed E-state index contributed by atoms with van der Waals surface area (Å²) in [7, 11) is 0. The summed E-state index contributed by atoms with van der Waals surface area (Å²) in [5.41, 5.74) is 3.91. The maximum Gasteiger partial charge on any atom is 0.133 e. The molecule has 0 amide bonds. The Kier molecular flexibility index (Phi) is 3.13. The minimum absolute atomic E-state index is 0.731. The van der Waals surface area contributed by atoms with Gasteiger partial charge >= 0.3 is 0 Å². The molecule has 0 aromatic carbocycles. The molecule has 0 aliphatic heterocycles. The predicted molar refractivity (Wildman–Crippen MR) is 58.6 cm³/mol. The molecule has 0 atom stereocenters. The zero-order valence-corrected chi connectivity index (χ0v) is 9.60. The fourth-order valence-electron chi connectivity index (χ4n) is 1.30. The van der Waals surface area contributed by atoms with Gasteiger partial charge in [0.15, 0.2) is 0 Å². The van der Waals surface area contributed by atoms with Gasteiger partial charge in [-0.3, -0.25) is 0 Å². The molecule has 15 heavy (non-hydrogen) atoms. The Balaban J connectivity index is 1.83. The van der Waals surface area contributed by atoms with Crippen molar-refractivity contribution in [1.29, 1.82) is 0 Å². The Labute approximate surface area is 92.3 Å². The van der Waals surface area contributed by atoms with Crippen molar-refractivity contribution >= 4 is 11.3 Å². The third kappa shape index (κ3) is 2.64. The second-order valence-corrected chi connectivity index (χ2v) is 4.33. The minimum Gasteiger partial charge on any atom is -0.361 e. The van der Waals surface area contributed by atoms with Crippen LogP contribution in [-0.4, -0.2) is 10.1 Å². The van der Waals surface area contributed by atoms with Gasteiger partial charge in [0.2, 0.25) is 0 Å². The molecule has 2 aromatic rings. The van der Waals surface area contributed by atoms with Crippen LogP contribution in [0.15, 0.2) is 16.1 Å². The van der Waals surface area contributed by atoms with Crippen LogP contribution in [0.1, 0.15) is 22.0 Å². The first kappa shape index (κ1) is 10.3. The number of nitrogens with zero attached hydrogens (tertiary/aromatic N) is 2. The van der Waals surface area contributed by atoms with Crippen LogP contribution in [0.5, 0.6) is 0 Å². The highest BCUT2D eigenvalue weighted by Crippen LogP contribution is 2.11. The monoisotopic (exact) mass is 223 g/mol. The van der Waals surface area contributed by atoms with Crippen molar-refractivity contribution in [2.75, 3.05) is 0 Å². The molecule has 0 unspecified atom stereocenters. The summed E-state index contributed by atoms with van der Waals surface area (Å²) in [5, 5.41) is 7.21. The quantitative estimate of drug-likeness (QED) is 0.861. The molecular formula is C10H13N3OS. The molecule has 2 aromatic heterocycles. The molecule has 0 bridgehead atoms. The molecule has 0 fully saturated rings.